The van der Waals surface area contributed by atoms with Crippen molar-refractivity contribution in [2.75, 3.05) is 46.4 Å². The molecule has 2 fully saturated rings. The minimum absolute atomic E-state index is 0.701. The molecule has 0 radical (unpaired) electrons. The van der Waals surface area contributed by atoms with Crippen LogP contribution in [0, 0.1) is 0 Å². The average molecular weight is 330 g/mol. The van der Waals surface area contributed by atoms with Gasteiger partial charge in [-0.1, -0.05) is 6.07 Å². The summed E-state index contributed by atoms with van der Waals surface area (Å²) in [5.41, 5.74) is 0. The van der Waals surface area contributed by atoms with Crippen molar-refractivity contribution in [3.8, 4) is 5.88 Å². The summed E-state index contributed by atoms with van der Waals surface area (Å²) in [6.07, 6.45) is 1.83. The van der Waals surface area contributed by atoms with Crippen LogP contribution in [0.5, 0.6) is 5.88 Å². The highest BCUT2D eigenvalue weighted by Gasteiger charge is 2.28. The van der Waals surface area contributed by atoms with Gasteiger partial charge in [0.2, 0.25) is 5.88 Å². The molecule has 4 rings (SSSR count). The Labute approximate surface area is 141 Å². The maximum atomic E-state index is 5.39. The van der Waals surface area contributed by atoms with Crippen molar-refractivity contribution >= 4 is 22.7 Å². The monoisotopic (exact) mass is 330 g/mol. The molecular formula is C17H22N4OS. The Morgan fingerprint density at radius 1 is 1.13 bits per heavy atom. The average Bonchev–Trinajstić information content (AvgIpc) is 2.55. The van der Waals surface area contributed by atoms with Crippen LogP contribution in [0.25, 0.3) is 10.8 Å². The van der Waals surface area contributed by atoms with Crippen molar-refractivity contribution in [3.05, 3.63) is 30.5 Å². The lowest BCUT2D eigenvalue weighted by Gasteiger charge is -2.42. The Balaban J connectivity index is 1.48. The summed E-state index contributed by atoms with van der Waals surface area (Å²) >= 11 is 1.86. The molecule has 0 amide bonds. The first-order valence-corrected chi connectivity index (χ1v) is 8.92. The van der Waals surface area contributed by atoms with Gasteiger partial charge >= 0.3 is 0 Å². The summed E-state index contributed by atoms with van der Waals surface area (Å²) in [5.74, 6) is 0.701. The fourth-order valence-electron chi connectivity index (χ4n) is 3.22. The van der Waals surface area contributed by atoms with Crippen LogP contribution in [-0.4, -0.2) is 66.6 Å². The van der Waals surface area contributed by atoms with Gasteiger partial charge in [-0.25, -0.2) is 9.29 Å². The molecule has 0 spiro atoms. The highest BCUT2D eigenvalue weighted by molar-refractivity contribution is 7.97. The topological polar surface area (TPSA) is 40.6 Å². The number of hydrogen-bond acceptors (Lipinski definition) is 6. The second kappa shape index (κ2) is 6.65. The number of piperazine rings is 1. The zero-order valence-corrected chi connectivity index (χ0v) is 14.2. The minimum Gasteiger partial charge on any atom is -0.481 e. The number of hydrogen-bond donors (Lipinski definition) is 1. The SMILES string of the molecule is COc1nccc2c(SN3CCN(C4CNC4)CC3)cccc12. The van der Waals surface area contributed by atoms with Gasteiger partial charge in [-0.3, -0.25) is 4.90 Å². The number of benzene rings is 1. The molecular weight excluding hydrogens is 308 g/mol. The molecule has 1 N–H and O–H groups in total. The fraction of sp³-hybridized carbons (Fsp3) is 0.471. The van der Waals surface area contributed by atoms with Crippen molar-refractivity contribution in [1.82, 2.24) is 19.5 Å². The molecule has 2 aromatic rings. The molecule has 3 heterocycles. The lowest BCUT2D eigenvalue weighted by atomic mass is 10.1. The number of aromatic nitrogens is 1. The molecule has 0 bridgehead atoms. The third-order valence-corrected chi connectivity index (χ3v) is 5.88. The number of methoxy groups -OCH3 is 1. The molecule has 2 aliphatic rings. The summed E-state index contributed by atoms with van der Waals surface area (Å²) < 4.78 is 7.86. The fourth-order valence-corrected chi connectivity index (χ4v) is 4.26. The van der Waals surface area contributed by atoms with Crippen LogP contribution in [0.3, 0.4) is 0 Å². The Bertz CT molecular complexity index is 683. The molecule has 2 saturated heterocycles. The molecule has 2 aliphatic heterocycles. The largest absolute Gasteiger partial charge is 0.481 e. The van der Waals surface area contributed by atoms with Gasteiger partial charge in [0.1, 0.15) is 0 Å². The molecule has 1 aromatic carbocycles. The van der Waals surface area contributed by atoms with Gasteiger partial charge in [-0.15, -0.1) is 0 Å². The Morgan fingerprint density at radius 3 is 2.65 bits per heavy atom. The third kappa shape index (κ3) is 3.04. The number of rotatable bonds is 4. The van der Waals surface area contributed by atoms with Crippen molar-refractivity contribution in [3.63, 3.8) is 0 Å². The zero-order chi connectivity index (χ0) is 15.6. The van der Waals surface area contributed by atoms with Crippen molar-refractivity contribution in [2.45, 2.75) is 10.9 Å². The Kier molecular flexibility index (Phi) is 4.39. The lowest BCUT2D eigenvalue weighted by Crippen LogP contribution is -2.60. The van der Waals surface area contributed by atoms with Gasteiger partial charge < -0.3 is 10.1 Å². The van der Waals surface area contributed by atoms with E-state index >= 15 is 0 Å². The maximum absolute atomic E-state index is 5.39. The van der Waals surface area contributed by atoms with E-state index in [-0.39, 0.29) is 0 Å². The van der Waals surface area contributed by atoms with E-state index in [0.29, 0.717) is 5.88 Å². The zero-order valence-electron chi connectivity index (χ0n) is 13.4. The predicted octanol–water partition coefficient (Wildman–Crippen LogP) is 1.84. The normalized spacial score (nSPS) is 20.6. The third-order valence-electron chi connectivity index (χ3n) is 4.70. The van der Waals surface area contributed by atoms with Crippen molar-refractivity contribution < 1.29 is 4.74 Å². The second-order valence-electron chi connectivity index (χ2n) is 6.04. The number of nitrogens with one attached hydrogen (secondary N) is 1. The number of nitrogens with zero attached hydrogens (tertiary/aromatic N) is 3. The van der Waals surface area contributed by atoms with Crippen LogP contribution < -0.4 is 10.1 Å². The molecule has 0 unspecified atom stereocenters. The molecule has 0 atom stereocenters. The lowest BCUT2D eigenvalue weighted by molar-refractivity contribution is 0.107. The summed E-state index contributed by atoms with van der Waals surface area (Å²) in [5, 5.41) is 5.66. The van der Waals surface area contributed by atoms with Crippen LogP contribution in [0.2, 0.25) is 0 Å². The molecule has 0 aliphatic carbocycles. The first-order chi connectivity index (χ1) is 11.3. The highest BCUT2D eigenvalue weighted by Crippen LogP contribution is 2.33. The Morgan fingerprint density at radius 2 is 1.96 bits per heavy atom. The minimum atomic E-state index is 0.701. The standard InChI is InChI=1S/C17H22N4OS/c1-22-17-15-3-2-4-16(14(15)5-6-19-17)23-21-9-7-20(8-10-21)13-11-18-12-13/h2-6,13,18H,7-12H2,1H3. The number of ether oxygens (including phenoxy) is 1. The maximum Gasteiger partial charge on any atom is 0.221 e. The van der Waals surface area contributed by atoms with E-state index in [4.69, 9.17) is 4.74 Å². The van der Waals surface area contributed by atoms with Gasteiger partial charge in [-0.2, -0.15) is 0 Å². The highest BCUT2D eigenvalue weighted by atomic mass is 32.2. The van der Waals surface area contributed by atoms with Gasteiger partial charge in [0.15, 0.2) is 0 Å². The van der Waals surface area contributed by atoms with E-state index in [1.807, 2.05) is 18.1 Å². The molecule has 1 aromatic heterocycles. The summed E-state index contributed by atoms with van der Waals surface area (Å²) in [7, 11) is 1.68. The van der Waals surface area contributed by atoms with E-state index in [1.165, 1.54) is 10.3 Å². The van der Waals surface area contributed by atoms with Crippen molar-refractivity contribution in [1.29, 1.82) is 0 Å². The number of pyridine rings is 1. The van der Waals surface area contributed by atoms with E-state index in [2.05, 4.69) is 43.8 Å². The predicted molar refractivity (Wildman–Crippen MR) is 94.0 cm³/mol. The van der Waals surface area contributed by atoms with Gasteiger partial charge in [-0.05, 0) is 30.1 Å². The summed E-state index contributed by atoms with van der Waals surface area (Å²) in [4.78, 5) is 8.20. The van der Waals surface area contributed by atoms with Crippen molar-refractivity contribution in [2.24, 2.45) is 0 Å². The molecule has 23 heavy (non-hydrogen) atoms. The smallest absolute Gasteiger partial charge is 0.221 e. The van der Waals surface area contributed by atoms with Gasteiger partial charge in [0.05, 0.1) is 7.11 Å². The quantitative estimate of drug-likeness (QED) is 0.863. The van der Waals surface area contributed by atoms with Crippen LogP contribution in [0.4, 0.5) is 0 Å². The van der Waals surface area contributed by atoms with Gasteiger partial charge in [0, 0.05) is 67.2 Å². The van der Waals surface area contributed by atoms with Gasteiger partial charge in [0.25, 0.3) is 0 Å². The van der Waals surface area contributed by atoms with Crippen LogP contribution in [0.15, 0.2) is 35.4 Å². The van der Waals surface area contributed by atoms with E-state index in [9.17, 15) is 0 Å². The Hall–Kier alpha value is -1.34. The summed E-state index contributed by atoms with van der Waals surface area (Å²) in [6.45, 7) is 6.86. The first-order valence-electron chi connectivity index (χ1n) is 8.14. The first kappa shape index (κ1) is 15.2. The number of fused-ring (bicyclic) bond motifs is 1. The van der Waals surface area contributed by atoms with Crippen LogP contribution >= 0.6 is 11.9 Å². The van der Waals surface area contributed by atoms with E-state index in [1.54, 1.807) is 7.11 Å². The molecule has 122 valence electrons. The second-order valence-corrected chi connectivity index (χ2v) is 7.18. The van der Waals surface area contributed by atoms with Crippen LogP contribution in [0.1, 0.15) is 0 Å². The van der Waals surface area contributed by atoms with Crippen LogP contribution in [-0.2, 0) is 0 Å². The molecule has 5 nitrogen and oxygen atoms in total. The van der Waals surface area contributed by atoms with E-state index < -0.39 is 0 Å². The molecule has 6 heteroatoms. The van der Waals surface area contributed by atoms with E-state index in [0.717, 1.165) is 50.7 Å². The molecule has 0 saturated carbocycles. The summed E-state index contributed by atoms with van der Waals surface area (Å²) in [6, 6.07) is 9.19.